The molecule has 7 heteroatoms. The van der Waals surface area contributed by atoms with E-state index in [9.17, 15) is 0 Å². The van der Waals surface area contributed by atoms with Gasteiger partial charge in [-0.05, 0) is 12.5 Å². The minimum absolute atomic E-state index is 0.128. The molecule has 0 amide bonds. The largest absolute Gasteiger partial charge is 0.368 e. The lowest BCUT2D eigenvalue weighted by Gasteiger charge is -2.37. The SMILES string of the molecule is C[C@H](c1nc(N)nc(N(C)C)n1)N1CCN(Cc2ccccc2)CC1. The van der Waals surface area contributed by atoms with Crippen molar-refractivity contribution in [3.63, 3.8) is 0 Å². The van der Waals surface area contributed by atoms with Gasteiger partial charge in [-0.3, -0.25) is 9.80 Å². The molecule has 25 heavy (non-hydrogen) atoms. The molecule has 1 aliphatic heterocycles. The molecule has 0 aliphatic carbocycles. The van der Waals surface area contributed by atoms with Crippen LogP contribution in [0.4, 0.5) is 11.9 Å². The minimum Gasteiger partial charge on any atom is -0.368 e. The Labute approximate surface area is 149 Å². The van der Waals surface area contributed by atoms with E-state index in [-0.39, 0.29) is 12.0 Å². The highest BCUT2D eigenvalue weighted by Crippen LogP contribution is 2.21. The number of aromatic nitrogens is 3. The van der Waals surface area contributed by atoms with Crippen LogP contribution in [0.1, 0.15) is 24.4 Å². The van der Waals surface area contributed by atoms with Crippen LogP contribution in [0, 0.1) is 0 Å². The Morgan fingerprint density at radius 2 is 1.72 bits per heavy atom. The van der Waals surface area contributed by atoms with Crippen molar-refractivity contribution in [3.8, 4) is 0 Å². The van der Waals surface area contributed by atoms with Crippen LogP contribution in [0.15, 0.2) is 30.3 Å². The third kappa shape index (κ3) is 4.43. The van der Waals surface area contributed by atoms with Crippen LogP contribution >= 0.6 is 0 Å². The molecular formula is C18H27N7. The zero-order valence-electron chi connectivity index (χ0n) is 15.3. The van der Waals surface area contributed by atoms with Crippen LogP contribution < -0.4 is 10.6 Å². The van der Waals surface area contributed by atoms with Crippen molar-refractivity contribution < 1.29 is 0 Å². The molecule has 7 nitrogen and oxygen atoms in total. The predicted molar refractivity (Wildman–Crippen MR) is 100 cm³/mol. The van der Waals surface area contributed by atoms with Crippen molar-refractivity contribution in [2.24, 2.45) is 0 Å². The van der Waals surface area contributed by atoms with Crippen molar-refractivity contribution in [2.45, 2.75) is 19.5 Å². The van der Waals surface area contributed by atoms with E-state index < -0.39 is 0 Å². The van der Waals surface area contributed by atoms with Crippen molar-refractivity contribution in [2.75, 3.05) is 50.9 Å². The van der Waals surface area contributed by atoms with Gasteiger partial charge >= 0.3 is 0 Å². The van der Waals surface area contributed by atoms with Gasteiger partial charge in [0.05, 0.1) is 6.04 Å². The Balaban J connectivity index is 1.61. The smallest absolute Gasteiger partial charge is 0.229 e. The molecule has 2 aromatic rings. The average molecular weight is 341 g/mol. The third-order valence-corrected chi connectivity index (χ3v) is 4.64. The summed E-state index contributed by atoms with van der Waals surface area (Å²) < 4.78 is 0. The first-order valence-corrected chi connectivity index (χ1v) is 8.72. The van der Waals surface area contributed by atoms with E-state index in [2.05, 4.69) is 62.0 Å². The fourth-order valence-electron chi connectivity index (χ4n) is 3.10. The van der Waals surface area contributed by atoms with Crippen LogP contribution in [0.3, 0.4) is 0 Å². The van der Waals surface area contributed by atoms with E-state index in [1.165, 1.54) is 5.56 Å². The number of piperazine rings is 1. The molecule has 134 valence electrons. The molecule has 0 unspecified atom stereocenters. The number of hydrogen-bond donors (Lipinski definition) is 1. The van der Waals surface area contributed by atoms with Crippen LogP contribution in [0.5, 0.6) is 0 Å². The van der Waals surface area contributed by atoms with Gasteiger partial charge in [0.2, 0.25) is 11.9 Å². The van der Waals surface area contributed by atoms with Crippen molar-refractivity contribution in [1.82, 2.24) is 24.8 Å². The van der Waals surface area contributed by atoms with Crippen molar-refractivity contribution in [3.05, 3.63) is 41.7 Å². The van der Waals surface area contributed by atoms with E-state index in [0.717, 1.165) is 38.5 Å². The van der Waals surface area contributed by atoms with E-state index in [0.29, 0.717) is 5.95 Å². The number of anilines is 2. The molecule has 1 saturated heterocycles. The van der Waals surface area contributed by atoms with E-state index >= 15 is 0 Å². The topological polar surface area (TPSA) is 74.4 Å². The first kappa shape index (κ1) is 17.6. The van der Waals surface area contributed by atoms with Gasteiger partial charge in [0.25, 0.3) is 0 Å². The Kier molecular flexibility index (Phi) is 5.45. The summed E-state index contributed by atoms with van der Waals surface area (Å²) >= 11 is 0. The molecule has 1 aromatic heterocycles. The number of nitrogens with two attached hydrogens (primary N) is 1. The lowest BCUT2D eigenvalue weighted by Crippen LogP contribution is -2.47. The maximum absolute atomic E-state index is 5.86. The monoisotopic (exact) mass is 341 g/mol. The molecule has 0 saturated carbocycles. The Morgan fingerprint density at radius 1 is 1.04 bits per heavy atom. The van der Waals surface area contributed by atoms with E-state index in [4.69, 9.17) is 5.73 Å². The van der Waals surface area contributed by atoms with Gasteiger partial charge in [-0.2, -0.15) is 15.0 Å². The minimum atomic E-state index is 0.128. The molecule has 2 N–H and O–H groups in total. The normalized spacial score (nSPS) is 17.4. The summed E-state index contributed by atoms with van der Waals surface area (Å²) in [6.07, 6.45) is 0. The van der Waals surface area contributed by atoms with Gasteiger partial charge < -0.3 is 10.6 Å². The second kappa shape index (κ2) is 7.76. The summed E-state index contributed by atoms with van der Waals surface area (Å²) in [7, 11) is 3.82. The molecule has 1 atom stereocenters. The van der Waals surface area contributed by atoms with Gasteiger partial charge in [0, 0.05) is 46.8 Å². The Morgan fingerprint density at radius 3 is 2.36 bits per heavy atom. The second-order valence-corrected chi connectivity index (χ2v) is 6.72. The van der Waals surface area contributed by atoms with Gasteiger partial charge in [-0.15, -0.1) is 0 Å². The summed E-state index contributed by atoms with van der Waals surface area (Å²) in [6, 6.07) is 10.8. The zero-order valence-corrected chi connectivity index (χ0v) is 15.3. The average Bonchev–Trinajstić information content (AvgIpc) is 2.62. The third-order valence-electron chi connectivity index (χ3n) is 4.64. The van der Waals surface area contributed by atoms with E-state index in [1.807, 2.05) is 19.0 Å². The summed E-state index contributed by atoms with van der Waals surface area (Å²) in [5, 5.41) is 0. The number of nitrogen functional groups attached to an aromatic ring is 1. The number of nitrogens with zero attached hydrogens (tertiary/aromatic N) is 6. The zero-order chi connectivity index (χ0) is 17.8. The first-order chi connectivity index (χ1) is 12.0. The Bertz CT molecular complexity index is 681. The molecule has 0 bridgehead atoms. The molecular weight excluding hydrogens is 314 g/mol. The van der Waals surface area contributed by atoms with Crippen LogP contribution in [-0.2, 0) is 6.54 Å². The Hall–Kier alpha value is -2.25. The van der Waals surface area contributed by atoms with Gasteiger partial charge in [0.1, 0.15) is 0 Å². The molecule has 0 spiro atoms. The summed E-state index contributed by atoms with van der Waals surface area (Å²) in [5.41, 5.74) is 7.22. The summed E-state index contributed by atoms with van der Waals surface area (Å²) in [5.74, 6) is 1.63. The predicted octanol–water partition coefficient (Wildman–Crippen LogP) is 1.40. The van der Waals surface area contributed by atoms with Crippen molar-refractivity contribution >= 4 is 11.9 Å². The van der Waals surface area contributed by atoms with Gasteiger partial charge in [0.15, 0.2) is 5.82 Å². The summed E-state index contributed by atoms with van der Waals surface area (Å²) in [4.78, 5) is 19.8. The molecule has 1 fully saturated rings. The molecule has 0 radical (unpaired) electrons. The molecule has 1 aromatic carbocycles. The lowest BCUT2D eigenvalue weighted by molar-refractivity contribution is 0.0948. The number of hydrogen-bond acceptors (Lipinski definition) is 7. The highest BCUT2D eigenvalue weighted by Gasteiger charge is 2.24. The highest BCUT2D eigenvalue weighted by atomic mass is 15.3. The van der Waals surface area contributed by atoms with Crippen LogP contribution in [-0.4, -0.2) is 65.0 Å². The van der Waals surface area contributed by atoms with Gasteiger partial charge in [-0.1, -0.05) is 30.3 Å². The lowest BCUT2D eigenvalue weighted by atomic mass is 10.1. The van der Waals surface area contributed by atoms with Crippen molar-refractivity contribution in [1.29, 1.82) is 0 Å². The quantitative estimate of drug-likeness (QED) is 0.881. The maximum atomic E-state index is 5.86. The first-order valence-electron chi connectivity index (χ1n) is 8.72. The standard InChI is InChI=1S/C18H27N7/c1-14(16-20-17(19)22-18(21-16)23(2)3)25-11-9-24(10-12-25)13-15-7-5-4-6-8-15/h4-8,14H,9-13H2,1-3H3,(H2,19,20,21,22)/t14-/m1/s1. The fraction of sp³-hybridized carbons (Fsp3) is 0.500. The van der Waals surface area contributed by atoms with Gasteiger partial charge in [-0.25, -0.2) is 0 Å². The second-order valence-electron chi connectivity index (χ2n) is 6.72. The van der Waals surface area contributed by atoms with E-state index in [1.54, 1.807) is 0 Å². The summed E-state index contributed by atoms with van der Waals surface area (Å²) in [6.45, 7) is 7.22. The number of benzene rings is 1. The van der Waals surface area contributed by atoms with Crippen LogP contribution in [0.2, 0.25) is 0 Å². The molecule has 2 heterocycles. The highest BCUT2D eigenvalue weighted by molar-refractivity contribution is 5.33. The number of rotatable bonds is 5. The molecule has 3 rings (SSSR count). The van der Waals surface area contributed by atoms with Crippen LogP contribution in [0.25, 0.3) is 0 Å². The maximum Gasteiger partial charge on any atom is 0.229 e. The fourth-order valence-corrected chi connectivity index (χ4v) is 3.10. The molecule has 1 aliphatic rings.